The lowest BCUT2D eigenvalue weighted by molar-refractivity contribution is -0.142. The van der Waals surface area contributed by atoms with Crippen molar-refractivity contribution in [1.29, 1.82) is 0 Å². The van der Waals surface area contributed by atoms with Crippen LogP contribution in [-0.2, 0) is 9.59 Å². The minimum absolute atomic E-state index is 0.196. The van der Waals surface area contributed by atoms with Crippen LogP contribution in [0.2, 0.25) is 0 Å². The van der Waals surface area contributed by atoms with Gasteiger partial charge in [-0.3, -0.25) is 9.59 Å². The average molecular weight is 259 g/mol. The largest absolute Gasteiger partial charge is 0.480 e. The fourth-order valence-electron chi connectivity index (χ4n) is 1.55. The zero-order chi connectivity index (χ0) is 14.3. The molecule has 0 fully saturated rings. The van der Waals surface area contributed by atoms with Gasteiger partial charge >= 0.3 is 5.97 Å². The zero-order valence-corrected chi connectivity index (χ0v) is 11.1. The summed E-state index contributed by atoms with van der Waals surface area (Å²) >= 11 is 0. The van der Waals surface area contributed by atoms with Crippen molar-refractivity contribution in [3.8, 4) is 11.8 Å². The van der Waals surface area contributed by atoms with E-state index in [4.69, 9.17) is 5.11 Å². The Bertz CT molecular complexity index is 497. The molecule has 100 valence electrons. The molecule has 19 heavy (non-hydrogen) atoms. The molecule has 1 aromatic carbocycles. The van der Waals surface area contributed by atoms with Crippen LogP contribution < -0.4 is 0 Å². The van der Waals surface area contributed by atoms with Gasteiger partial charge in [0.2, 0.25) is 0 Å². The molecule has 0 aliphatic rings. The first-order chi connectivity index (χ1) is 8.99. The van der Waals surface area contributed by atoms with Gasteiger partial charge in [0.05, 0.1) is 0 Å². The lowest BCUT2D eigenvalue weighted by atomic mass is 10.2. The number of hydrogen-bond acceptors (Lipinski definition) is 2. The van der Waals surface area contributed by atoms with Gasteiger partial charge in [-0.25, -0.2) is 0 Å². The van der Waals surface area contributed by atoms with E-state index in [2.05, 4.69) is 11.8 Å². The Morgan fingerprint density at radius 3 is 2.42 bits per heavy atom. The number of amides is 1. The summed E-state index contributed by atoms with van der Waals surface area (Å²) in [5, 5.41) is 8.79. The van der Waals surface area contributed by atoms with E-state index in [-0.39, 0.29) is 12.5 Å². The molecule has 0 saturated heterocycles. The summed E-state index contributed by atoms with van der Waals surface area (Å²) in [6.45, 7) is 3.91. The standard InChI is InChI=1S/C15H17NO3/c1-12(2)10-16(11-15(18)19)14(17)9-8-13-6-4-3-5-7-13/h3-7,12H,10-11H2,1-2H3,(H,18,19). The van der Waals surface area contributed by atoms with Gasteiger partial charge < -0.3 is 10.0 Å². The lowest BCUT2D eigenvalue weighted by Gasteiger charge is -2.19. The molecule has 0 unspecified atom stereocenters. The fourth-order valence-corrected chi connectivity index (χ4v) is 1.55. The summed E-state index contributed by atoms with van der Waals surface area (Å²) < 4.78 is 0. The SMILES string of the molecule is CC(C)CN(CC(=O)O)C(=O)C#Cc1ccccc1. The number of aliphatic carboxylic acids is 1. The second-order valence-electron chi connectivity index (χ2n) is 4.59. The maximum atomic E-state index is 11.9. The van der Waals surface area contributed by atoms with Crippen LogP contribution in [0.1, 0.15) is 19.4 Å². The van der Waals surface area contributed by atoms with E-state index in [1.807, 2.05) is 32.0 Å². The van der Waals surface area contributed by atoms with Crippen LogP contribution in [0.25, 0.3) is 0 Å². The van der Waals surface area contributed by atoms with Gasteiger partial charge in [-0.2, -0.15) is 0 Å². The van der Waals surface area contributed by atoms with Crippen molar-refractivity contribution in [3.05, 3.63) is 35.9 Å². The Morgan fingerprint density at radius 2 is 1.89 bits per heavy atom. The van der Waals surface area contributed by atoms with Crippen molar-refractivity contribution in [2.24, 2.45) is 5.92 Å². The number of hydrogen-bond donors (Lipinski definition) is 1. The number of rotatable bonds is 4. The Labute approximate surface area is 113 Å². The van der Waals surface area contributed by atoms with Crippen molar-refractivity contribution in [3.63, 3.8) is 0 Å². The number of carbonyl (C=O) groups excluding carboxylic acids is 1. The van der Waals surface area contributed by atoms with E-state index in [9.17, 15) is 9.59 Å². The Morgan fingerprint density at radius 1 is 1.26 bits per heavy atom. The monoisotopic (exact) mass is 259 g/mol. The van der Waals surface area contributed by atoms with Crippen LogP contribution in [0.3, 0.4) is 0 Å². The molecule has 0 atom stereocenters. The minimum atomic E-state index is -1.03. The normalized spacial score (nSPS) is 9.63. The molecule has 1 rings (SSSR count). The number of carbonyl (C=O) groups is 2. The highest BCUT2D eigenvalue weighted by molar-refractivity contribution is 5.95. The highest BCUT2D eigenvalue weighted by Crippen LogP contribution is 2.00. The summed E-state index contributed by atoms with van der Waals surface area (Å²) in [5.41, 5.74) is 0.732. The van der Waals surface area contributed by atoms with E-state index < -0.39 is 11.9 Å². The van der Waals surface area contributed by atoms with Gasteiger partial charge in [-0.1, -0.05) is 38.0 Å². The van der Waals surface area contributed by atoms with Gasteiger partial charge in [0.25, 0.3) is 5.91 Å². The van der Waals surface area contributed by atoms with E-state index in [0.717, 1.165) is 5.56 Å². The van der Waals surface area contributed by atoms with E-state index in [0.29, 0.717) is 6.54 Å². The van der Waals surface area contributed by atoms with Crippen LogP contribution >= 0.6 is 0 Å². The molecule has 1 amide bonds. The first-order valence-electron chi connectivity index (χ1n) is 6.07. The van der Waals surface area contributed by atoms with Crippen LogP contribution in [-0.4, -0.2) is 35.0 Å². The minimum Gasteiger partial charge on any atom is -0.480 e. The van der Waals surface area contributed by atoms with Crippen LogP contribution in [0, 0.1) is 17.8 Å². The predicted octanol–water partition coefficient (Wildman–Crippen LogP) is 1.61. The molecule has 1 N–H and O–H groups in total. The molecule has 4 nitrogen and oxygen atoms in total. The Balaban J connectivity index is 2.77. The van der Waals surface area contributed by atoms with Gasteiger partial charge in [-0.15, -0.1) is 0 Å². The first-order valence-corrected chi connectivity index (χ1v) is 6.07. The van der Waals surface area contributed by atoms with E-state index >= 15 is 0 Å². The van der Waals surface area contributed by atoms with Crippen molar-refractivity contribution < 1.29 is 14.7 Å². The van der Waals surface area contributed by atoms with Crippen molar-refractivity contribution in [2.45, 2.75) is 13.8 Å². The number of carboxylic acid groups (broad SMARTS) is 1. The predicted molar refractivity (Wildman–Crippen MR) is 72.4 cm³/mol. The lowest BCUT2D eigenvalue weighted by Crippen LogP contribution is -2.37. The molecule has 0 heterocycles. The van der Waals surface area contributed by atoms with Crippen LogP contribution in [0.5, 0.6) is 0 Å². The summed E-state index contributed by atoms with van der Waals surface area (Å²) in [6.07, 6.45) is 0. The quantitative estimate of drug-likeness (QED) is 0.836. The second kappa shape index (κ2) is 7.22. The smallest absolute Gasteiger partial charge is 0.323 e. The zero-order valence-electron chi connectivity index (χ0n) is 11.1. The summed E-state index contributed by atoms with van der Waals surface area (Å²) in [6, 6.07) is 9.12. The van der Waals surface area contributed by atoms with E-state index in [1.165, 1.54) is 4.90 Å². The average Bonchev–Trinajstić information content (AvgIpc) is 2.35. The number of carboxylic acids is 1. The topological polar surface area (TPSA) is 57.6 Å². The first kappa shape index (κ1) is 14.8. The maximum Gasteiger partial charge on any atom is 0.323 e. The van der Waals surface area contributed by atoms with Gasteiger partial charge in [0, 0.05) is 18.0 Å². The molecule has 1 aromatic rings. The molecular formula is C15H17NO3. The van der Waals surface area contributed by atoms with Crippen LogP contribution in [0.4, 0.5) is 0 Å². The second-order valence-corrected chi connectivity index (χ2v) is 4.59. The third-order valence-corrected chi connectivity index (χ3v) is 2.29. The number of nitrogens with zero attached hydrogens (tertiary/aromatic N) is 1. The summed E-state index contributed by atoms with van der Waals surface area (Å²) in [4.78, 5) is 23.9. The maximum absolute atomic E-state index is 11.9. The molecule has 0 aliphatic carbocycles. The van der Waals surface area contributed by atoms with E-state index in [1.54, 1.807) is 12.1 Å². The van der Waals surface area contributed by atoms with Crippen molar-refractivity contribution >= 4 is 11.9 Å². The molecule has 0 radical (unpaired) electrons. The third-order valence-electron chi connectivity index (χ3n) is 2.29. The van der Waals surface area contributed by atoms with Gasteiger partial charge in [0.1, 0.15) is 6.54 Å². The van der Waals surface area contributed by atoms with Crippen LogP contribution in [0.15, 0.2) is 30.3 Å². The Kier molecular flexibility index (Phi) is 5.62. The van der Waals surface area contributed by atoms with Crippen molar-refractivity contribution in [2.75, 3.05) is 13.1 Å². The van der Waals surface area contributed by atoms with Gasteiger partial charge in [0.15, 0.2) is 0 Å². The fraction of sp³-hybridized carbons (Fsp3) is 0.333. The highest BCUT2D eigenvalue weighted by atomic mass is 16.4. The molecule has 0 aliphatic heterocycles. The third kappa shape index (κ3) is 5.73. The summed E-state index contributed by atoms with van der Waals surface area (Å²) in [7, 11) is 0. The molecule has 4 heteroatoms. The molecular weight excluding hydrogens is 242 g/mol. The summed E-state index contributed by atoms with van der Waals surface area (Å²) in [5.74, 6) is 3.93. The Hall–Kier alpha value is -2.28. The van der Waals surface area contributed by atoms with Crippen molar-refractivity contribution in [1.82, 2.24) is 4.90 Å². The number of benzene rings is 1. The highest BCUT2D eigenvalue weighted by Gasteiger charge is 2.15. The van der Waals surface area contributed by atoms with Gasteiger partial charge in [-0.05, 0) is 18.1 Å². The molecule has 0 spiro atoms. The molecule has 0 aromatic heterocycles. The molecule has 0 bridgehead atoms. The molecule has 0 saturated carbocycles.